The average molecular weight is 300 g/mol. The molecule has 0 radical (unpaired) electrons. The number of anilines is 1. The summed E-state index contributed by atoms with van der Waals surface area (Å²) >= 11 is 1.63. The number of amides is 1. The van der Waals surface area contributed by atoms with Gasteiger partial charge in [0.1, 0.15) is 0 Å². The quantitative estimate of drug-likeness (QED) is 0.779. The predicted octanol–water partition coefficient (Wildman–Crippen LogP) is 2.68. The summed E-state index contributed by atoms with van der Waals surface area (Å²) in [6.07, 6.45) is 2.03. The average Bonchev–Trinajstić information content (AvgIpc) is 3.06. The summed E-state index contributed by atoms with van der Waals surface area (Å²) in [6, 6.07) is 7.44. The molecular weight excluding hydrogens is 284 g/mol. The van der Waals surface area contributed by atoms with Crippen LogP contribution in [-0.2, 0) is 6.54 Å². The van der Waals surface area contributed by atoms with Gasteiger partial charge in [-0.1, -0.05) is 0 Å². The molecule has 108 valence electrons. The van der Waals surface area contributed by atoms with Crippen LogP contribution >= 0.6 is 11.3 Å². The summed E-state index contributed by atoms with van der Waals surface area (Å²) in [5.41, 5.74) is 3.83. The number of carbonyl (C=O) groups excluding carboxylic acids is 1. The standard InChI is InChI=1S/C15H16N4OS/c1-10-13(19-7-8-21-15(19)18-10)9-17-12-5-3-11(4-6-12)14(20)16-2/h3-8,17H,9H2,1-2H3,(H,16,20). The number of thiazole rings is 1. The maximum Gasteiger partial charge on any atom is 0.251 e. The summed E-state index contributed by atoms with van der Waals surface area (Å²) in [4.78, 5) is 17.0. The van der Waals surface area contributed by atoms with E-state index in [2.05, 4.69) is 20.0 Å². The van der Waals surface area contributed by atoms with Crippen molar-refractivity contribution in [2.24, 2.45) is 0 Å². The summed E-state index contributed by atoms with van der Waals surface area (Å²) in [7, 11) is 1.63. The minimum atomic E-state index is -0.0758. The predicted molar refractivity (Wildman–Crippen MR) is 85.0 cm³/mol. The van der Waals surface area contributed by atoms with Crippen LogP contribution in [0.4, 0.5) is 5.69 Å². The Morgan fingerprint density at radius 3 is 2.81 bits per heavy atom. The molecule has 0 spiro atoms. The van der Waals surface area contributed by atoms with Crippen molar-refractivity contribution >= 4 is 27.9 Å². The molecule has 2 heterocycles. The minimum absolute atomic E-state index is 0.0758. The normalized spacial score (nSPS) is 10.8. The van der Waals surface area contributed by atoms with E-state index in [1.54, 1.807) is 18.4 Å². The number of benzene rings is 1. The van der Waals surface area contributed by atoms with Crippen molar-refractivity contribution < 1.29 is 4.79 Å². The smallest absolute Gasteiger partial charge is 0.251 e. The molecule has 5 nitrogen and oxygen atoms in total. The first kappa shape index (κ1) is 13.6. The van der Waals surface area contributed by atoms with Crippen molar-refractivity contribution in [1.82, 2.24) is 14.7 Å². The Kier molecular flexibility index (Phi) is 3.62. The molecule has 0 atom stereocenters. The zero-order valence-corrected chi connectivity index (χ0v) is 12.7. The molecule has 1 amide bonds. The van der Waals surface area contributed by atoms with E-state index in [1.807, 2.05) is 42.8 Å². The van der Waals surface area contributed by atoms with Crippen LogP contribution in [0.3, 0.4) is 0 Å². The number of nitrogens with one attached hydrogen (secondary N) is 2. The number of hydrogen-bond acceptors (Lipinski definition) is 4. The van der Waals surface area contributed by atoms with Gasteiger partial charge < -0.3 is 10.6 Å². The second-order valence-corrected chi connectivity index (χ2v) is 5.58. The van der Waals surface area contributed by atoms with Gasteiger partial charge in [-0.05, 0) is 31.2 Å². The monoisotopic (exact) mass is 300 g/mol. The first-order chi connectivity index (χ1) is 10.2. The van der Waals surface area contributed by atoms with E-state index in [9.17, 15) is 4.79 Å². The zero-order chi connectivity index (χ0) is 14.8. The van der Waals surface area contributed by atoms with Gasteiger partial charge in [0.2, 0.25) is 0 Å². The van der Waals surface area contributed by atoms with Crippen LogP contribution in [0, 0.1) is 6.92 Å². The van der Waals surface area contributed by atoms with E-state index in [0.29, 0.717) is 12.1 Å². The minimum Gasteiger partial charge on any atom is -0.379 e. The highest BCUT2D eigenvalue weighted by Gasteiger charge is 2.09. The lowest BCUT2D eigenvalue weighted by atomic mass is 10.2. The van der Waals surface area contributed by atoms with Crippen LogP contribution in [0.1, 0.15) is 21.7 Å². The summed E-state index contributed by atoms with van der Waals surface area (Å²) < 4.78 is 2.10. The lowest BCUT2D eigenvalue weighted by molar-refractivity contribution is 0.0963. The van der Waals surface area contributed by atoms with Crippen molar-refractivity contribution in [2.45, 2.75) is 13.5 Å². The second kappa shape index (κ2) is 5.57. The van der Waals surface area contributed by atoms with Gasteiger partial charge in [-0.3, -0.25) is 9.20 Å². The van der Waals surface area contributed by atoms with Crippen LogP contribution in [0.2, 0.25) is 0 Å². The Hall–Kier alpha value is -2.34. The van der Waals surface area contributed by atoms with Crippen molar-refractivity contribution in [3.63, 3.8) is 0 Å². The molecule has 2 N–H and O–H groups in total. The van der Waals surface area contributed by atoms with Gasteiger partial charge in [-0.15, -0.1) is 11.3 Å². The van der Waals surface area contributed by atoms with Crippen LogP contribution in [0.25, 0.3) is 4.96 Å². The van der Waals surface area contributed by atoms with E-state index < -0.39 is 0 Å². The number of carbonyl (C=O) groups is 1. The molecule has 0 unspecified atom stereocenters. The van der Waals surface area contributed by atoms with Crippen LogP contribution in [-0.4, -0.2) is 22.3 Å². The summed E-state index contributed by atoms with van der Waals surface area (Å²) in [5, 5.41) is 8.01. The molecule has 21 heavy (non-hydrogen) atoms. The zero-order valence-electron chi connectivity index (χ0n) is 11.9. The molecule has 3 rings (SSSR count). The Labute approximate surface area is 126 Å². The number of rotatable bonds is 4. The molecule has 0 saturated heterocycles. The lowest BCUT2D eigenvalue weighted by Gasteiger charge is -2.07. The molecule has 6 heteroatoms. The Morgan fingerprint density at radius 1 is 1.33 bits per heavy atom. The summed E-state index contributed by atoms with van der Waals surface area (Å²) in [6.45, 7) is 2.72. The number of fused-ring (bicyclic) bond motifs is 1. The van der Waals surface area contributed by atoms with Gasteiger partial charge in [-0.2, -0.15) is 0 Å². The molecule has 0 bridgehead atoms. The van der Waals surface area contributed by atoms with Crippen molar-refractivity contribution in [2.75, 3.05) is 12.4 Å². The van der Waals surface area contributed by atoms with E-state index in [-0.39, 0.29) is 5.91 Å². The molecule has 0 aliphatic heterocycles. The molecule has 0 aliphatic rings. The molecule has 0 saturated carbocycles. The molecule has 0 fully saturated rings. The third-order valence-corrected chi connectivity index (χ3v) is 4.15. The SMILES string of the molecule is CNC(=O)c1ccc(NCc2c(C)nc3sccn23)cc1. The first-order valence-corrected chi connectivity index (χ1v) is 7.54. The molecule has 1 aromatic carbocycles. The maximum absolute atomic E-state index is 11.5. The Morgan fingerprint density at radius 2 is 2.10 bits per heavy atom. The highest BCUT2D eigenvalue weighted by molar-refractivity contribution is 7.15. The Bertz CT molecular complexity index is 773. The van der Waals surface area contributed by atoms with Gasteiger partial charge in [0.05, 0.1) is 17.9 Å². The molecule has 3 aromatic rings. The van der Waals surface area contributed by atoms with Gasteiger partial charge >= 0.3 is 0 Å². The fraction of sp³-hybridized carbons (Fsp3) is 0.200. The fourth-order valence-electron chi connectivity index (χ4n) is 2.22. The largest absolute Gasteiger partial charge is 0.379 e. The van der Waals surface area contributed by atoms with Crippen molar-refractivity contribution in [3.05, 3.63) is 52.8 Å². The summed E-state index contributed by atoms with van der Waals surface area (Å²) in [5.74, 6) is -0.0758. The molecule has 0 aliphatic carbocycles. The van der Waals surface area contributed by atoms with E-state index in [1.165, 1.54) is 0 Å². The lowest BCUT2D eigenvalue weighted by Crippen LogP contribution is -2.17. The van der Waals surface area contributed by atoms with E-state index >= 15 is 0 Å². The number of nitrogens with zero attached hydrogens (tertiary/aromatic N) is 2. The van der Waals surface area contributed by atoms with Crippen LogP contribution in [0.5, 0.6) is 0 Å². The van der Waals surface area contributed by atoms with E-state index in [4.69, 9.17) is 0 Å². The highest BCUT2D eigenvalue weighted by atomic mass is 32.1. The van der Waals surface area contributed by atoms with Crippen LogP contribution < -0.4 is 10.6 Å². The van der Waals surface area contributed by atoms with Gasteiger partial charge in [-0.25, -0.2) is 4.98 Å². The molecular formula is C15H16N4OS. The van der Waals surface area contributed by atoms with Gasteiger partial charge in [0.25, 0.3) is 5.91 Å². The maximum atomic E-state index is 11.5. The van der Waals surface area contributed by atoms with Gasteiger partial charge in [0.15, 0.2) is 4.96 Å². The number of aromatic nitrogens is 2. The number of hydrogen-bond donors (Lipinski definition) is 2. The van der Waals surface area contributed by atoms with Crippen molar-refractivity contribution in [1.29, 1.82) is 0 Å². The highest BCUT2D eigenvalue weighted by Crippen LogP contribution is 2.18. The number of aryl methyl sites for hydroxylation is 1. The fourth-order valence-corrected chi connectivity index (χ4v) is 3.00. The third-order valence-electron chi connectivity index (χ3n) is 3.40. The Balaban J connectivity index is 1.74. The van der Waals surface area contributed by atoms with Crippen LogP contribution in [0.15, 0.2) is 35.8 Å². The first-order valence-electron chi connectivity index (χ1n) is 6.66. The molecule has 2 aromatic heterocycles. The van der Waals surface area contributed by atoms with Crippen molar-refractivity contribution in [3.8, 4) is 0 Å². The van der Waals surface area contributed by atoms with Gasteiger partial charge in [0, 0.05) is 29.9 Å². The third kappa shape index (κ3) is 2.62. The van der Waals surface area contributed by atoms with E-state index in [0.717, 1.165) is 22.0 Å². The second-order valence-electron chi connectivity index (χ2n) is 4.71. The number of imidazole rings is 1. The topological polar surface area (TPSA) is 58.4 Å².